The topological polar surface area (TPSA) is 56.8 Å². The Morgan fingerprint density at radius 1 is 1.19 bits per heavy atom. The molecule has 1 fully saturated rings. The predicted molar refractivity (Wildman–Crippen MR) is 99.2 cm³/mol. The summed E-state index contributed by atoms with van der Waals surface area (Å²) in [5.41, 5.74) is 2.56. The summed E-state index contributed by atoms with van der Waals surface area (Å²) >= 11 is 0. The first kappa shape index (κ1) is 18.4. The number of carbonyl (C=O) groups is 1. The number of benzene rings is 2. The van der Waals surface area contributed by atoms with Crippen molar-refractivity contribution in [2.75, 3.05) is 20.3 Å². The van der Waals surface area contributed by atoms with E-state index < -0.39 is 0 Å². The second-order valence-electron chi connectivity index (χ2n) is 6.35. The fraction of sp³-hybridized carbons (Fsp3) is 0.381. The Balaban J connectivity index is 1.58. The molecular weight excluding hydrogens is 330 g/mol. The summed E-state index contributed by atoms with van der Waals surface area (Å²) in [5, 5.41) is 2.94. The summed E-state index contributed by atoms with van der Waals surface area (Å²) in [5.74, 6) is 0.612. The number of carbonyl (C=O) groups excluding carboxylic acids is 1. The highest BCUT2D eigenvalue weighted by Gasteiger charge is 2.17. The summed E-state index contributed by atoms with van der Waals surface area (Å²) < 4.78 is 16.7. The average Bonchev–Trinajstić information content (AvgIpc) is 3.20. The van der Waals surface area contributed by atoms with Crippen LogP contribution in [0.5, 0.6) is 5.75 Å². The molecule has 0 spiro atoms. The van der Waals surface area contributed by atoms with Gasteiger partial charge in [-0.15, -0.1) is 0 Å². The lowest BCUT2D eigenvalue weighted by Gasteiger charge is -2.13. The molecule has 0 saturated carbocycles. The molecule has 1 saturated heterocycles. The van der Waals surface area contributed by atoms with Crippen molar-refractivity contribution in [1.82, 2.24) is 5.32 Å². The van der Waals surface area contributed by atoms with Gasteiger partial charge in [0, 0.05) is 24.3 Å². The third-order valence-corrected chi connectivity index (χ3v) is 4.43. The van der Waals surface area contributed by atoms with Crippen LogP contribution in [0.2, 0.25) is 0 Å². The fourth-order valence-corrected chi connectivity index (χ4v) is 3.00. The molecule has 1 heterocycles. The molecule has 2 aromatic carbocycles. The molecule has 1 atom stereocenters. The first-order chi connectivity index (χ1) is 12.8. The van der Waals surface area contributed by atoms with Crippen LogP contribution in [-0.2, 0) is 22.7 Å². The standard InChI is InChI=1S/C21H25NO4/c1-24-20-10-9-17(21(23)22-13-19-8-5-11-26-19)12-18(20)15-25-14-16-6-3-2-4-7-16/h2-4,6-7,9-10,12,19H,5,8,11,13-15H2,1H3,(H,22,23)/t19-/m0/s1. The van der Waals surface area contributed by atoms with Gasteiger partial charge in [-0.05, 0) is 36.6 Å². The van der Waals surface area contributed by atoms with E-state index >= 15 is 0 Å². The zero-order valence-corrected chi connectivity index (χ0v) is 15.1. The molecule has 2 aromatic rings. The van der Waals surface area contributed by atoms with Crippen molar-refractivity contribution in [2.45, 2.75) is 32.2 Å². The number of nitrogens with one attached hydrogen (secondary N) is 1. The molecule has 0 radical (unpaired) electrons. The highest BCUT2D eigenvalue weighted by atomic mass is 16.5. The minimum atomic E-state index is -0.104. The molecule has 1 amide bonds. The zero-order chi connectivity index (χ0) is 18.2. The molecule has 1 aliphatic heterocycles. The molecule has 1 aliphatic rings. The van der Waals surface area contributed by atoms with E-state index in [-0.39, 0.29) is 12.0 Å². The second-order valence-corrected chi connectivity index (χ2v) is 6.35. The van der Waals surface area contributed by atoms with E-state index in [1.165, 1.54) is 0 Å². The van der Waals surface area contributed by atoms with Crippen LogP contribution < -0.4 is 10.1 Å². The number of rotatable bonds is 8. The van der Waals surface area contributed by atoms with Crippen molar-refractivity contribution in [3.8, 4) is 5.75 Å². The first-order valence-corrected chi connectivity index (χ1v) is 8.94. The van der Waals surface area contributed by atoms with Gasteiger partial charge in [0.1, 0.15) is 5.75 Å². The fourth-order valence-electron chi connectivity index (χ4n) is 3.00. The predicted octanol–water partition coefficient (Wildman–Crippen LogP) is 3.32. The lowest BCUT2D eigenvalue weighted by Crippen LogP contribution is -2.31. The summed E-state index contributed by atoms with van der Waals surface area (Å²) in [6.07, 6.45) is 2.19. The van der Waals surface area contributed by atoms with Gasteiger partial charge in [0.25, 0.3) is 5.91 Å². The Hall–Kier alpha value is -2.37. The quantitative estimate of drug-likeness (QED) is 0.789. The molecule has 5 heteroatoms. The molecule has 5 nitrogen and oxygen atoms in total. The third-order valence-electron chi connectivity index (χ3n) is 4.43. The smallest absolute Gasteiger partial charge is 0.251 e. The molecular formula is C21H25NO4. The van der Waals surface area contributed by atoms with E-state index in [2.05, 4.69) is 5.32 Å². The number of amides is 1. The van der Waals surface area contributed by atoms with Crippen LogP contribution in [0.15, 0.2) is 48.5 Å². The summed E-state index contributed by atoms with van der Waals surface area (Å²) in [6.45, 7) is 2.22. The van der Waals surface area contributed by atoms with Crippen molar-refractivity contribution in [2.24, 2.45) is 0 Å². The molecule has 0 bridgehead atoms. The van der Waals surface area contributed by atoms with Gasteiger partial charge in [-0.3, -0.25) is 4.79 Å². The van der Waals surface area contributed by atoms with Gasteiger partial charge >= 0.3 is 0 Å². The highest BCUT2D eigenvalue weighted by Crippen LogP contribution is 2.21. The number of hydrogen-bond acceptors (Lipinski definition) is 4. The Labute approximate surface area is 154 Å². The first-order valence-electron chi connectivity index (χ1n) is 8.94. The van der Waals surface area contributed by atoms with E-state index in [1.54, 1.807) is 13.2 Å². The van der Waals surface area contributed by atoms with Gasteiger partial charge in [-0.2, -0.15) is 0 Å². The van der Waals surface area contributed by atoms with Gasteiger partial charge in [-0.1, -0.05) is 30.3 Å². The van der Waals surface area contributed by atoms with Gasteiger partial charge < -0.3 is 19.5 Å². The average molecular weight is 355 g/mol. The van der Waals surface area contributed by atoms with E-state index in [9.17, 15) is 4.79 Å². The Morgan fingerprint density at radius 3 is 2.77 bits per heavy atom. The monoisotopic (exact) mass is 355 g/mol. The Morgan fingerprint density at radius 2 is 2.04 bits per heavy atom. The van der Waals surface area contributed by atoms with Gasteiger partial charge in [0.05, 0.1) is 26.4 Å². The van der Waals surface area contributed by atoms with Crippen LogP contribution >= 0.6 is 0 Å². The lowest BCUT2D eigenvalue weighted by atomic mass is 10.1. The van der Waals surface area contributed by atoms with Gasteiger partial charge in [0.15, 0.2) is 0 Å². The van der Waals surface area contributed by atoms with Crippen LogP contribution in [0, 0.1) is 0 Å². The van der Waals surface area contributed by atoms with E-state index in [0.717, 1.165) is 30.6 Å². The van der Waals surface area contributed by atoms with Crippen molar-refractivity contribution in [3.63, 3.8) is 0 Å². The Bertz CT molecular complexity index is 711. The molecule has 0 aromatic heterocycles. The molecule has 3 rings (SSSR count). The van der Waals surface area contributed by atoms with Crippen LogP contribution in [0.3, 0.4) is 0 Å². The normalized spacial score (nSPS) is 16.4. The minimum absolute atomic E-state index is 0.104. The summed E-state index contributed by atoms with van der Waals surface area (Å²) in [6, 6.07) is 15.4. The van der Waals surface area contributed by atoms with Crippen LogP contribution in [0.25, 0.3) is 0 Å². The Kier molecular flexibility index (Phi) is 6.63. The largest absolute Gasteiger partial charge is 0.496 e. The van der Waals surface area contributed by atoms with Crippen molar-refractivity contribution >= 4 is 5.91 Å². The SMILES string of the molecule is COc1ccc(C(=O)NC[C@@H]2CCCO2)cc1COCc1ccccc1. The number of hydrogen-bond donors (Lipinski definition) is 1. The zero-order valence-electron chi connectivity index (χ0n) is 15.1. The molecule has 26 heavy (non-hydrogen) atoms. The summed E-state index contributed by atoms with van der Waals surface area (Å²) in [7, 11) is 1.62. The summed E-state index contributed by atoms with van der Waals surface area (Å²) in [4.78, 5) is 12.4. The number of methoxy groups -OCH3 is 1. The second kappa shape index (κ2) is 9.36. The van der Waals surface area contributed by atoms with Crippen molar-refractivity contribution in [1.29, 1.82) is 0 Å². The molecule has 138 valence electrons. The van der Waals surface area contributed by atoms with E-state index in [4.69, 9.17) is 14.2 Å². The third kappa shape index (κ3) is 5.07. The molecule has 1 N–H and O–H groups in total. The van der Waals surface area contributed by atoms with Crippen LogP contribution in [0.4, 0.5) is 0 Å². The molecule has 0 unspecified atom stereocenters. The lowest BCUT2D eigenvalue weighted by molar-refractivity contribution is 0.0856. The van der Waals surface area contributed by atoms with Crippen molar-refractivity contribution < 1.29 is 19.0 Å². The maximum Gasteiger partial charge on any atom is 0.251 e. The van der Waals surface area contributed by atoms with E-state index in [0.29, 0.717) is 31.1 Å². The van der Waals surface area contributed by atoms with E-state index in [1.807, 2.05) is 42.5 Å². The molecule has 0 aliphatic carbocycles. The maximum atomic E-state index is 12.4. The highest BCUT2D eigenvalue weighted by molar-refractivity contribution is 5.94. The van der Waals surface area contributed by atoms with Crippen molar-refractivity contribution in [3.05, 3.63) is 65.2 Å². The minimum Gasteiger partial charge on any atom is -0.496 e. The van der Waals surface area contributed by atoms with Crippen LogP contribution in [-0.4, -0.2) is 32.3 Å². The van der Waals surface area contributed by atoms with Gasteiger partial charge in [-0.25, -0.2) is 0 Å². The number of ether oxygens (including phenoxy) is 3. The maximum absolute atomic E-state index is 12.4. The van der Waals surface area contributed by atoms with Gasteiger partial charge in [0.2, 0.25) is 0 Å². The van der Waals surface area contributed by atoms with Crippen LogP contribution in [0.1, 0.15) is 34.3 Å².